The number of amides is 1. The second-order valence-corrected chi connectivity index (χ2v) is 15.3. The maximum atomic E-state index is 12.9. The summed E-state index contributed by atoms with van der Waals surface area (Å²) in [6, 6.07) is 0.159. The Labute approximate surface area is 228 Å². The van der Waals surface area contributed by atoms with E-state index in [9.17, 15) is 4.79 Å². The van der Waals surface area contributed by atoms with Gasteiger partial charge in [-0.1, -0.05) is 65.5 Å². The number of nitrogens with two attached hydrogens (primary N) is 1. The molecule has 0 bridgehead atoms. The molecule has 0 aromatic rings. The fraction of sp³-hybridized carbons (Fsp3) is 0.909. The fourth-order valence-electron chi connectivity index (χ4n) is 9.63. The van der Waals surface area contributed by atoms with Crippen LogP contribution in [0.4, 0.5) is 4.79 Å². The summed E-state index contributed by atoms with van der Waals surface area (Å²) in [5.74, 6) is 5.13. The Balaban J connectivity index is 1.46. The first-order valence-corrected chi connectivity index (χ1v) is 15.7. The summed E-state index contributed by atoms with van der Waals surface area (Å²) in [5, 5.41) is 0. The maximum absolute atomic E-state index is 12.9. The Kier molecular flexibility index (Phi) is 8.50. The van der Waals surface area contributed by atoms with E-state index in [2.05, 4.69) is 40.7 Å². The van der Waals surface area contributed by atoms with Crippen molar-refractivity contribution in [3.05, 3.63) is 11.6 Å². The number of rotatable bonds is 7. The molecule has 212 valence electrons. The summed E-state index contributed by atoms with van der Waals surface area (Å²) in [6.45, 7) is 18.6. The van der Waals surface area contributed by atoms with Gasteiger partial charge in [0.2, 0.25) is 0 Å². The van der Waals surface area contributed by atoms with Crippen LogP contribution in [0.15, 0.2) is 11.6 Å². The van der Waals surface area contributed by atoms with E-state index >= 15 is 0 Å². The van der Waals surface area contributed by atoms with Gasteiger partial charge in [0.25, 0.3) is 0 Å². The highest BCUT2D eigenvalue weighted by atomic mass is 16.6. The van der Waals surface area contributed by atoms with Gasteiger partial charge in [-0.15, -0.1) is 0 Å². The summed E-state index contributed by atoms with van der Waals surface area (Å²) < 4.78 is 5.70. The van der Waals surface area contributed by atoms with Crippen LogP contribution in [0.1, 0.15) is 126 Å². The van der Waals surface area contributed by atoms with Crippen molar-refractivity contribution in [2.75, 3.05) is 6.67 Å². The van der Waals surface area contributed by atoms with Gasteiger partial charge in [0.15, 0.2) is 0 Å². The molecule has 8 atom stereocenters. The average molecular weight is 515 g/mol. The van der Waals surface area contributed by atoms with Gasteiger partial charge < -0.3 is 10.5 Å². The first kappa shape index (κ1) is 29.0. The normalized spacial score (nSPS) is 38.3. The largest absolute Gasteiger partial charge is 0.444 e. The maximum Gasteiger partial charge on any atom is 0.411 e. The van der Waals surface area contributed by atoms with Gasteiger partial charge in [-0.25, -0.2) is 4.79 Å². The van der Waals surface area contributed by atoms with Crippen molar-refractivity contribution in [2.24, 2.45) is 52.1 Å². The van der Waals surface area contributed by atoms with Gasteiger partial charge in [0.1, 0.15) is 5.60 Å². The molecule has 4 aliphatic rings. The zero-order valence-corrected chi connectivity index (χ0v) is 25.4. The van der Waals surface area contributed by atoms with Crippen LogP contribution in [0, 0.1) is 46.3 Å². The molecule has 0 aliphatic heterocycles. The predicted molar refractivity (Wildman–Crippen MR) is 154 cm³/mol. The molecular formula is C33H58N2O2. The molecule has 4 aliphatic carbocycles. The minimum Gasteiger partial charge on any atom is -0.444 e. The molecule has 4 heteroatoms. The Hall–Kier alpha value is -1.03. The van der Waals surface area contributed by atoms with Crippen LogP contribution < -0.4 is 5.73 Å². The van der Waals surface area contributed by atoms with Crippen molar-refractivity contribution < 1.29 is 9.53 Å². The minimum atomic E-state index is -0.495. The number of ether oxygens (including phenoxy) is 1. The SMILES string of the molecule is CC(C)CCCC(C)[C@H]1CCC2C3CC=C4C[C@@H](N(CN)C(=O)OC(C)(C)C)CC[C@]4(C)C3CC[C@@]21C. The number of hydrogen-bond acceptors (Lipinski definition) is 3. The second kappa shape index (κ2) is 10.9. The van der Waals surface area contributed by atoms with Crippen LogP contribution in [-0.2, 0) is 4.74 Å². The zero-order chi connectivity index (χ0) is 27.2. The first-order valence-electron chi connectivity index (χ1n) is 15.7. The third kappa shape index (κ3) is 5.66. The average Bonchev–Trinajstić information content (AvgIpc) is 3.15. The quantitative estimate of drug-likeness (QED) is 0.273. The van der Waals surface area contributed by atoms with Crippen LogP contribution in [0.2, 0.25) is 0 Å². The molecule has 0 saturated heterocycles. The van der Waals surface area contributed by atoms with E-state index in [1.54, 1.807) is 10.5 Å². The van der Waals surface area contributed by atoms with E-state index in [-0.39, 0.29) is 24.2 Å². The Bertz CT molecular complexity index is 844. The Morgan fingerprint density at radius 2 is 1.81 bits per heavy atom. The third-order valence-electron chi connectivity index (χ3n) is 11.5. The molecule has 0 radical (unpaired) electrons. The van der Waals surface area contributed by atoms with Crippen molar-refractivity contribution in [3.63, 3.8) is 0 Å². The summed E-state index contributed by atoms with van der Waals surface area (Å²) in [4.78, 5) is 14.7. The number of nitrogens with zero attached hydrogens (tertiary/aromatic N) is 1. The van der Waals surface area contributed by atoms with E-state index in [4.69, 9.17) is 10.5 Å². The number of allylic oxidation sites excluding steroid dienone is 1. The van der Waals surface area contributed by atoms with E-state index < -0.39 is 5.60 Å². The summed E-state index contributed by atoms with van der Waals surface area (Å²) in [7, 11) is 0. The number of carbonyl (C=O) groups is 1. The van der Waals surface area contributed by atoms with E-state index in [1.807, 2.05) is 20.8 Å². The molecule has 3 fully saturated rings. The molecule has 37 heavy (non-hydrogen) atoms. The molecule has 3 saturated carbocycles. The van der Waals surface area contributed by atoms with E-state index in [0.717, 1.165) is 48.3 Å². The summed E-state index contributed by atoms with van der Waals surface area (Å²) >= 11 is 0. The van der Waals surface area contributed by atoms with Crippen LogP contribution in [0.25, 0.3) is 0 Å². The Morgan fingerprint density at radius 3 is 2.46 bits per heavy atom. The molecule has 4 nitrogen and oxygen atoms in total. The van der Waals surface area contributed by atoms with Crippen molar-refractivity contribution in [3.8, 4) is 0 Å². The van der Waals surface area contributed by atoms with Gasteiger partial charge in [0, 0.05) is 6.04 Å². The third-order valence-corrected chi connectivity index (χ3v) is 11.5. The number of fused-ring (bicyclic) bond motifs is 5. The summed E-state index contributed by atoms with van der Waals surface area (Å²) in [6.07, 6.45) is 16.6. The van der Waals surface area contributed by atoms with E-state index in [0.29, 0.717) is 5.41 Å². The van der Waals surface area contributed by atoms with Crippen molar-refractivity contribution in [1.29, 1.82) is 0 Å². The lowest BCUT2D eigenvalue weighted by Gasteiger charge is -2.59. The van der Waals surface area contributed by atoms with Crippen molar-refractivity contribution in [2.45, 2.75) is 138 Å². The lowest BCUT2D eigenvalue weighted by Crippen LogP contribution is -2.53. The predicted octanol–water partition coefficient (Wildman–Crippen LogP) is 8.55. The molecular weight excluding hydrogens is 456 g/mol. The molecule has 0 aromatic heterocycles. The molecule has 0 aromatic carbocycles. The van der Waals surface area contributed by atoms with Crippen molar-refractivity contribution in [1.82, 2.24) is 4.90 Å². The van der Waals surface area contributed by atoms with Gasteiger partial charge in [-0.2, -0.15) is 0 Å². The Morgan fingerprint density at radius 1 is 1.08 bits per heavy atom. The molecule has 4 rings (SSSR count). The summed E-state index contributed by atoms with van der Waals surface area (Å²) in [5.41, 5.74) is 8.02. The molecule has 4 unspecified atom stereocenters. The second-order valence-electron chi connectivity index (χ2n) is 15.3. The fourth-order valence-corrected chi connectivity index (χ4v) is 9.63. The molecule has 0 heterocycles. The highest BCUT2D eigenvalue weighted by molar-refractivity contribution is 5.68. The van der Waals surface area contributed by atoms with Gasteiger partial charge in [0.05, 0.1) is 6.67 Å². The molecule has 2 N–H and O–H groups in total. The molecule has 0 spiro atoms. The molecule has 1 amide bonds. The standard InChI is InChI=1S/C33H58N2O2/c1-22(2)10-9-11-23(3)27-14-15-28-26-13-12-24-20-25(35(21-34)30(36)37-31(4,5)6)16-18-32(24,7)29(26)17-19-33(27,28)8/h12,22-23,25-29H,9-11,13-21,34H2,1-8H3/t23?,25-,26?,27+,28?,29?,32-,33+/m0/s1. The zero-order valence-electron chi connectivity index (χ0n) is 25.4. The van der Waals surface area contributed by atoms with Crippen molar-refractivity contribution >= 4 is 6.09 Å². The number of hydrogen-bond donors (Lipinski definition) is 1. The highest BCUT2D eigenvalue weighted by Crippen LogP contribution is 2.67. The van der Waals surface area contributed by atoms with Crippen LogP contribution in [0.5, 0.6) is 0 Å². The highest BCUT2D eigenvalue weighted by Gasteiger charge is 2.59. The number of carbonyl (C=O) groups excluding carboxylic acids is 1. The van der Waals surface area contributed by atoms with Crippen LogP contribution >= 0.6 is 0 Å². The van der Waals surface area contributed by atoms with E-state index in [1.165, 1.54) is 57.8 Å². The smallest absolute Gasteiger partial charge is 0.411 e. The van der Waals surface area contributed by atoms with Gasteiger partial charge in [-0.05, 0) is 118 Å². The minimum absolute atomic E-state index is 0.159. The first-order chi connectivity index (χ1) is 17.3. The topological polar surface area (TPSA) is 55.6 Å². The van der Waals surface area contributed by atoms with Crippen LogP contribution in [0.3, 0.4) is 0 Å². The lowest BCUT2D eigenvalue weighted by atomic mass is 9.47. The van der Waals surface area contributed by atoms with Gasteiger partial charge >= 0.3 is 6.09 Å². The monoisotopic (exact) mass is 514 g/mol. The lowest BCUT2D eigenvalue weighted by molar-refractivity contribution is -0.0555. The van der Waals surface area contributed by atoms with Gasteiger partial charge in [-0.3, -0.25) is 4.90 Å². The van der Waals surface area contributed by atoms with Crippen LogP contribution in [-0.4, -0.2) is 29.3 Å².